The zero-order chi connectivity index (χ0) is 25.1. The summed E-state index contributed by atoms with van der Waals surface area (Å²) in [4.78, 5) is 26.3. The maximum atomic E-state index is 13.1. The number of benzene rings is 1. The fraction of sp³-hybridized carbons (Fsp3) is 0.280. The number of aliphatic hydroxyl groups excluding tert-OH is 1. The highest BCUT2D eigenvalue weighted by molar-refractivity contribution is 6.39. The molecule has 8 nitrogen and oxygen atoms in total. The molecule has 10 heteroatoms. The Kier molecular flexibility index (Phi) is 7.54. The second-order valence-corrected chi connectivity index (χ2v) is 9.16. The van der Waals surface area contributed by atoms with Crippen molar-refractivity contribution in [1.82, 2.24) is 19.5 Å². The van der Waals surface area contributed by atoms with Crippen molar-refractivity contribution in [3.8, 4) is 16.9 Å². The summed E-state index contributed by atoms with van der Waals surface area (Å²) in [6.45, 7) is 3.71. The number of pyridine rings is 2. The van der Waals surface area contributed by atoms with Crippen molar-refractivity contribution >= 4 is 46.0 Å². The standard InChI is InChI=1S/C25H25Cl2N5O3/c1-14(33)7-8-15(2)35-17-9-10-21(28-13-17)30-25-29-12-16-11-18(24(34)32(3)23(16)31-25)22-19(26)5-4-6-20(22)27/h4-6,9-15,33H,7-8H2,1-3H3,(H,28,29,30,31). The summed E-state index contributed by atoms with van der Waals surface area (Å²) in [6, 6.07) is 10.4. The van der Waals surface area contributed by atoms with Gasteiger partial charge in [0.1, 0.15) is 17.2 Å². The zero-order valence-corrected chi connectivity index (χ0v) is 21.0. The molecule has 1 aromatic carbocycles. The number of hydrogen-bond donors (Lipinski definition) is 2. The Morgan fingerprint density at radius 3 is 2.49 bits per heavy atom. The van der Waals surface area contributed by atoms with Crippen LogP contribution in [0.5, 0.6) is 5.75 Å². The lowest BCUT2D eigenvalue weighted by molar-refractivity contribution is 0.145. The molecular formula is C25H25Cl2N5O3. The summed E-state index contributed by atoms with van der Waals surface area (Å²) in [7, 11) is 1.64. The first-order chi connectivity index (χ1) is 16.7. The minimum Gasteiger partial charge on any atom is -0.489 e. The van der Waals surface area contributed by atoms with Gasteiger partial charge in [0.05, 0.1) is 34.0 Å². The van der Waals surface area contributed by atoms with Crippen molar-refractivity contribution in [3.05, 3.63) is 69.2 Å². The van der Waals surface area contributed by atoms with E-state index >= 15 is 0 Å². The molecule has 3 aromatic heterocycles. The molecule has 0 aliphatic carbocycles. The first kappa shape index (κ1) is 24.9. The molecule has 0 aliphatic heterocycles. The molecule has 182 valence electrons. The van der Waals surface area contributed by atoms with Crippen LogP contribution >= 0.6 is 23.2 Å². The summed E-state index contributed by atoms with van der Waals surface area (Å²) in [5.74, 6) is 1.45. The SMILES string of the molecule is CC(O)CCC(C)Oc1ccc(Nc2ncc3cc(-c4c(Cl)cccc4Cl)c(=O)n(C)c3n2)nc1. The number of anilines is 2. The minimum atomic E-state index is -0.354. The van der Waals surface area contributed by atoms with E-state index in [4.69, 9.17) is 27.9 Å². The van der Waals surface area contributed by atoms with E-state index in [1.54, 1.807) is 62.8 Å². The minimum absolute atomic E-state index is 0.0409. The maximum Gasteiger partial charge on any atom is 0.259 e. The average Bonchev–Trinajstić information content (AvgIpc) is 2.82. The van der Waals surface area contributed by atoms with Gasteiger partial charge in [0.25, 0.3) is 5.56 Å². The number of aliphatic hydroxyl groups is 1. The predicted octanol–water partition coefficient (Wildman–Crippen LogP) is 5.37. The number of nitrogens with zero attached hydrogens (tertiary/aromatic N) is 4. The summed E-state index contributed by atoms with van der Waals surface area (Å²) >= 11 is 12.6. The fourth-order valence-corrected chi connectivity index (χ4v) is 4.25. The Hall–Kier alpha value is -3.20. The maximum absolute atomic E-state index is 13.1. The van der Waals surface area contributed by atoms with Gasteiger partial charge in [0.2, 0.25) is 5.95 Å². The van der Waals surface area contributed by atoms with Crippen molar-refractivity contribution in [1.29, 1.82) is 0 Å². The molecule has 0 aliphatic rings. The third-order valence-electron chi connectivity index (χ3n) is 5.49. The van der Waals surface area contributed by atoms with Crippen LogP contribution < -0.4 is 15.6 Å². The quantitative estimate of drug-likeness (QED) is 0.326. The van der Waals surface area contributed by atoms with Crippen LogP contribution in [0.3, 0.4) is 0 Å². The highest BCUT2D eigenvalue weighted by Gasteiger charge is 2.16. The lowest BCUT2D eigenvalue weighted by Gasteiger charge is -2.15. The van der Waals surface area contributed by atoms with Crippen LogP contribution in [0.4, 0.5) is 11.8 Å². The summed E-state index contributed by atoms with van der Waals surface area (Å²) in [5, 5.41) is 13.9. The molecule has 0 bridgehead atoms. The van der Waals surface area contributed by atoms with Crippen LogP contribution in [-0.4, -0.2) is 36.8 Å². The van der Waals surface area contributed by atoms with E-state index in [0.29, 0.717) is 56.1 Å². The van der Waals surface area contributed by atoms with Gasteiger partial charge in [-0.15, -0.1) is 0 Å². The second-order valence-electron chi connectivity index (χ2n) is 8.35. The van der Waals surface area contributed by atoms with Gasteiger partial charge < -0.3 is 15.2 Å². The van der Waals surface area contributed by atoms with Gasteiger partial charge in [-0.05, 0) is 57.0 Å². The Balaban J connectivity index is 1.56. The molecule has 0 amide bonds. The number of aromatic nitrogens is 4. The molecule has 2 atom stereocenters. The van der Waals surface area contributed by atoms with Gasteiger partial charge in [-0.1, -0.05) is 29.3 Å². The van der Waals surface area contributed by atoms with Gasteiger partial charge in [0.15, 0.2) is 0 Å². The van der Waals surface area contributed by atoms with E-state index in [1.165, 1.54) is 4.57 Å². The Bertz CT molecular complexity index is 1390. The largest absolute Gasteiger partial charge is 0.489 e. The number of rotatable bonds is 8. The third kappa shape index (κ3) is 5.73. The number of ether oxygens (including phenoxy) is 1. The van der Waals surface area contributed by atoms with E-state index < -0.39 is 0 Å². The molecule has 4 aromatic rings. The highest BCUT2D eigenvalue weighted by atomic mass is 35.5. The lowest BCUT2D eigenvalue weighted by atomic mass is 10.1. The first-order valence-corrected chi connectivity index (χ1v) is 11.9. The Morgan fingerprint density at radius 2 is 1.83 bits per heavy atom. The highest BCUT2D eigenvalue weighted by Crippen LogP contribution is 2.33. The van der Waals surface area contributed by atoms with E-state index in [2.05, 4.69) is 20.3 Å². The molecule has 3 heterocycles. The molecule has 0 radical (unpaired) electrons. The average molecular weight is 514 g/mol. The first-order valence-electron chi connectivity index (χ1n) is 11.1. The van der Waals surface area contributed by atoms with Gasteiger partial charge in [-0.3, -0.25) is 9.36 Å². The molecule has 0 saturated heterocycles. The van der Waals surface area contributed by atoms with E-state index in [0.717, 1.165) is 6.42 Å². The van der Waals surface area contributed by atoms with Crippen molar-refractivity contribution in [2.24, 2.45) is 7.05 Å². The number of hydrogen-bond acceptors (Lipinski definition) is 7. The van der Waals surface area contributed by atoms with Crippen LogP contribution in [0.25, 0.3) is 22.2 Å². The van der Waals surface area contributed by atoms with Crippen LogP contribution in [0.2, 0.25) is 10.0 Å². The zero-order valence-electron chi connectivity index (χ0n) is 19.5. The van der Waals surface area contributed by atoms with Gasteiger partial charge in [-0.2, -0.15) is 4.98 Å². The second kappa shape index (κ2) is 10.6. The van der Waals surface area contributed by atoms with Crippen LogP contribution in [0.1, 0.15) is 26.7 Å². The van der Waals surface area contributed by atoms with Crippen LogP contribution in [0, 0.1) is 0 Å². The van der Waals surface area contributed by atoms with Gasteiger partial charge in [-0.25, -0.2) is 9.97 Å². The monoisotopic (exact) mass is 513 g/mol. The van der Waals surface area contributed by atoms with Gasteiger partial charge in [0, 0.05) is 24.2 Å². The fourth-order valence-electron chi connectivity index (χ4n) is 3.65. The van der Waals surface area contributed by atoms with E-state index in [9.17, 15) is 9.90 Å². The number of aryl methyl sites for hydroxylation is 1. The summed E-state index contributed by atoms with van der Waals surface area (Å²) in [6.07, 6.45) is 4.25. The predicted molar refractivity (Wildman–Crippen MR) is 139 cm³/mol. The third-order valence-corrected chi connectivity index (χ3v) is 6.12. The molecule has 4 rings (SSSR count). The van der Waals surface area contributed by atoms with Crippen molar-refractivity contribution < 1.29 is 9.84 Å². The van der Waals surface area contributed by atoms with Crippen LogP contribution in [0.15, 0.2) is 53.6 Å². The number of nitrogens with one attached hydrogen (secondary N) is 1. The molecular weight excluding hydrogens is 489 g/mol. The number of halogens is 2. The summed E-state index contributed by atoms with van der Waals surface area (Å²) < 4.78 is 7.27. The normalized spacial score (nSPS) is 13.0. The lowest BCUT2D eigenvalue weighted by Crippen LogP contribution is -2.20. The molecule has 0 spiro atoms. The van der Waals surface area contributed by atoms with Crippen molar-refractivity contribution in [3.63, 3.8) is 0 Å². The molecule has 2 unspecified atom stereocenters. The molecule has 35 heavy (non-hydrogen) atoms. The van der Waals surface area contributed by atoms with Crippen molar-refractivity contribution in [2.45, 2.75) is 38.9 Å². The van der Waals surface area contributed by atoms with Crippen LogP contribution in [-0.2, 0) is 7.05 Å². The molecule has 2 N–H and O–H groups in total. The van der Waals surface area contributed by atoms with Gasteiger partial charge >= 0.3 is 0 Å². The number of fused-ring (bicyclic) bond motifs is 1. The van der Waals surface area contributed by atoms with E-state index in [-0.39, 0.29) is 17.8 Å². The molecule has 0 fully saturated rings. The Labute approximate surface area is 212 Å². The smallest absolute Gasteiger partial charge is 0.259 e. The summed E-state index contributed by atoms with van der Waals surface area (Å²) in [5.41, 5.74) is 1.03. The van der Waals surface area contributed by atoms with E-state index in [1.807, 2.05) is 6.92 Å². The Morgan fingerprint density at radius 1 is 1.09 bits per heavy atom. The van der Waals surface area contributed by atoms with Crippen molar-refractivity contribution in [2.75, 3.05) is 5.32 Å². The molecule has 0 saturated carbocycles. The topological polar surface area (TPSA) is 102 Å².